The van der Waals surface area contributed by atoms with Gasteiger partial charge in [-0.15, -0.1) is 11.3 Å². The van der Waals surface area contributed by atoms with Crippen LogP contribution >= 0.6 is 27.3 Å². The van der Waals surface area contributed by atoms with Gasteiger partial charge in [0.15, 0.2) is 0 Å². The highest BCUT2D eigenvalue weighted by molar-refractivity contribution is 9.10. The Balaban J connectivity index is 2.04. The molecular weight excluding hydrogens is 342 g/mol. The number of thiophene rings is 1. The standard InChI is InChI=1S/C18H24BrNS/c1-13(2)20-12-16(11-18-17(19)8-9-21-18)10-15-6-4-14(3)5-7-15/h4-9,13,16,20H,10-12H2,1-3H3. The smallest absolute Gasteiger partial charge is 0.0314 e. The van der Waals surface area contributed by atoms with Crippen LogP contribution in [0.5, 0.6) is 0 Å². The van der Waals surface area contributed by atoms with Gasteiger partial charge in [0, 0.05) is 15.4 Å². The number of nitrogens with one attached hydrogen (secondary N) is 1. The summed E-state index contributed by atoms with van der Waals surface area (Å²) in [7, 11) is 0. The molecule has 0 aliphatic heterocycles. The maximum Gasteiger partial charge on any atom is 0.0314 e. The van der Waals surface area contributed by atoms with Gasteiger partial charge in [0.25, 0.3) is 0 Å². The quantitative estimate of drug-likeness (QED) is 0.709. The molecule has 0 spiro atoms. The Labute approximate surface area is 140 Å². The summed E-state index contributed by atoms with van der Waals surface area (Å²) < 4.78 is 1.26. The largest absolute Gasteiger partial charge is 0.314 e. The zero-order chi connectivity index (χ0) is 15.2. The van der Waals surface area contributed by atoms with E-state index in [9.17, 15) is 0 Å². The molecule has 0 radical (unpaired) electrons. The molecule has 0 amide bonds. The van der Waals surface area contributed by atoms with Crippen LogP contribution in [0.25, 0.3) is 0 Å². The van der Waals surface area contributed by atoms with Crippen LogP contribution in [0.15, 0.2) is 40.2 Å². The van der Waals surface area contributed by atoms with Gasteiger partial charge < -0.3 is 5.32 Å². The van der Waals surface area contributed by atoms with Crippen molar-refractivity contribution >= 4 is 27.3 Å². The SMILES string of the molecule is Cc1ccc(CC(CNC(C)C)Cc2sccc2Br)cc1. The van der Waals surface area contributed by atoms with Crippen LogP contribution in [0.1, 0.15) is 29.9 Å². The molecule has 3 heteroatoms. The third-order valence-electron chi connectivity index (χ3n) is 3.62. The molecule has 1 atom stereocenters. The molecule has 2 rings (SSSR count). The Morgan fingerprint density at radius 3 is 2.38 bits per heavy atom. The van der Waals surface area contributed by atoms with E-state index in [4.69, 9.17) is 0 Å². The highest BCUT2D eigenvalue weighted by Crippen LogP contribution is 2.26. The summed E-state index contributed by atoms with van der Waals surface area (Å²) in [5.74, 6) is 0.630. The van der Waals surface area contributed by atoms with E-state index in [0.717, 1.165) is 19.4 Å². The molecule has 1 heterocycles. The number of hydrogen-bond donors (Lipinski definition) is 1. The second-order valence-corrected chi connectivity index (χ2v) is 7.87. The van der Waals surface area contributed by atoms with E-state index in [1.807, 2.05) is 11.3 Å². The van der Waals surface area contributed by atoms with E-state index in [0.29, 0.717) is 12.0 Å². The lowest BCUT2D eigenvalue weighted by atomic mass is 9.94. The van der Waals surface area contributed by atoms with Crippen molar-refractivity contribution in [3.05, 3.63) is 56.2 Å². The lowest BCUT2D eigenvalue weighted by Crippen LogP contribution is -2.31. The predicted octanol–water partition coefficient (Wildman–Crippen LogP) is 5.22. The van der Waals surface area contributed by atoms with Crippen LogP contribution in [0.3, 0.4) is 0 Å². The Kier molecular flexibility index (Phi) is 6.46. The molecule has 2 aromatic rings. The van der Waals surface area contributed by atoms with Crippen LogP contribution < -0.4 is 5.32 Å². The average molecular weight is 366 g/mol. The van der Waals surface area contributed by atoms with Gasteiger partial charge in [-0.1, -0.05) is 43.7 Å². The van der Waals surface area contributed by atoms with Crippen molar-refractivity contribution in [3.8, 4) is 0 Å². The monoisotopic (exact) mass is 365 g/mol. The molecule has 0 bridgehead atoms. The van der Waals surface area contributed by atoms with Crippen LogP contribution in [-0.2, 0) is 12.8 Å². The average Bonchev–Trinajstić information content (AvgIpc) is 2.84. The van der Waals surface area contributed by atoms with Crippen molar-refractivity contribution in [2.75, 3.05) is 6.54 Å². The highest BCUT2D eigenvalue weighted by atomic mass is 79.9. The first-order valence-corrected chi connectivity index (χ1v) is 9.22. The topological polar surface area (TPSA) is 12.0 Å². The molecule has 0 fully saturated rings. The Morgan fingerprint density at radius 1 is 1.10 bits per heavy atom. The van der Waals surface area contributed by atoms with Gasteiger partial charge in [-0.25, -0.2) is 0 Å². The summed E-state index contributed by atoms with van der Waals surface area (Å²) >= 11 is 5.51. The van der Waals surface area contributed by atoms with Crippen molar-refractivity contribution < 1.29 is 0 Å². The summed E-state index contributed by atoms with van der Waals surface area (Å²) in [5, 5.41) is 5.76. The van der Waals surface area contributed by atoms with Crippen molar-refractivity contribution in [2.45, 2.75) is 39.7 Å². The van der Waals surface area contributed by atoms with Crippen molar-refractivity contribution in [3.63, 3.8) is 0 Å². The van der Waals surface area contributed by atoms with Crippen LogP contribution in [0.2, 0.25) is 0 Å². The van der Waals surface area contributed by atoms with Crippen LogP contribution in [-0.4, -0.2) is 12.6 Å². The van der Waals surface area contributed by atoms with E-state index in [1.54, 1.807) is 0 Å². The molecule has 21 heavy (non-hydrogen) atoms. The van der Waals surface area contributed by atoms with Gasteiger partial charge in [0.05, 0.1) is 0 Å². The summed E-state index contributed by atoms with van der Waals surface area (Å²) in [5.41, 5.74) is 2.76. The highest BCUT2D eigenvalue weighted by Gasteiger charge is 2.14. The van der Waals surface area contributed by atoms with Gasteiger partial charge in [-0.3, -0.25) is 0 Å². The van der Waals surface area contributed by atoms with Gasteiger partial charge in [-0.2, -0.15) is 0 Å². The van der Waals surface area contributed by atoms with E-state index in [1.165, 1.54) is 20.5 Å². The number of benzene rings is 1. The van der Waals surface area contributed by atoms with Gasteiger partial charge in [0.2, 0.25) is 0 Å². The number of rotatable bonds is 7. The fourth-order valence-corrected chi connectivity index (χ4v) is 4.04. The first-order chi connectivity index (χ1) is 10.0. The molecule has 1 nitrogen and oxygen atoms in total. The summed E-state index contributed by atoms with van der Waals surface area (Å²) in [4.78, 5) is 1.46. The molecule has 114 valence electrons. The van der Waals surface area contributed by atoms with Crippen molar-refractivity contribution in [1.82, 2.24) is 5.32 Å². The Morgan fingerprint density at radius 2 is 1.81 bits per heavy atom. The lowest BCUT2D eigenvalue weighted by molar-refractivity contribution is 0.446. The molecule has 0 saturated carbocycles. The van der Waals surface area contributed by atoms with E-state index >= 15 is 0 Å². The minimum absolute atomic E-state index is 0.539. The fraction of sp³-hybridized carbons (Fsp3) is 0.444. The van der Waals surface area contributed by atoms with E-state index < -0.39 is 0 Å². The molecule has 1 aromatic carbocycles. The van der Waals surface area contributed by atoms with Gasteiger partial charge in [0.1, 0.15) is 0 Å². The second-order valence-electron chi connectivity index (χ2n) is 6.01. The lowest BCUT2D eigenvalue weighted by Gasteiger charge is -2.19. The first-order valence-electron chi connectivity index (χ1n) is 7.55. The zero-order valence-corrected chi connectivity index (χ0v) is 15.4. The number of hydrogen-bond acceptors (Lipinski definition) is 2. The molecule has 1 aromatic heterocycles. The number of aryl methyl sites for hydroxylation is 1. The molecule has 0 aliphatic rings. The van der Waals surface area contributed by atoms with Gasteiger partial charge in [-0.05, 0) is 65.2 Å². The molecular formula is C18H24BrNS. The van der Waals surface area contributed by atoms with Crippen LogP contribution in [0.4, 0.5) is 0 Å². The maximum absolute atomic E-state index is 3.66. The van der Waals surface area contributed by atoms with E-state index in [-0.39, 0.29) is 0 Å². The fourth-order valence-electron chi connectivity index (χ4n) is 2.41. The van der Waals surface area contributed by atoms with Crippen molar-refractivity contribution in [1.29, 1.82) is 0 Å². The van der Waals surface area contributed by atoms with Gasteiger partial charge >= 0.3 is 0 Å². The molecule has 0 saturated heterocycles. The summed E-state index contributed by atoms with van der Waals surface area (Å²) in [6.45, 7) is 7.63. The maximum atomic E-state index is 3.66. The Hall–Kier alpha value is -0.640. The molecule has 1 unspecified atom stereocenters. The third kappa shape index (κ3) is 5.57. The third-order valence-corrected chi connectivity index (χ3v) is 5.57. The summed E-state index contributed by atoms with van der Waals surface area (Å²) in [6, 6.07) is 11.6. The zero-order valence-electron chi connectivity index (χ0n) is 13.0. The normalized spacial score (nSPS) is 12.8. The number of halogens is 1. The second kappa shape index (κ2) is 8.11. The Bertz CT molecular complexity index is 545. The van der Waals surface area contributed by atoms with Crippen molar-refractivity contribution in [2.24, 2.45) is 5.92 Å². The minimum atomic E-state index is 0.539. The molecule has 1 N–H and O–H groups in total. The minimum Gasteiger partial charge on any atom is -0.314 e. The van der Waals surface area contributed by atoms with Crippen LogP contribution in [0, 0.1) is 12.8 Å². The predicted molar refractivity (Wildman–Crippen MR) is 97.2 cm³/mol. The first kappa shape index (κ1) is 16.7. The van der Waals surface area contributed by atoms with E-state index in [2.05, 4.69) is 77.7 Å². The summed E-state index contributed by atoms with van der Waals surface area (Å²) in [6.07, 6.45) is 2.26. The molecule has 0 aliphatic carbocycles.